The van der Waals surface area contributed by atoms with Gasteiger partial charge in [-0.15, -0.1) is 0 Å². The number of nitrogens with one attached hydrogen (secondary N) is 1. The third-order valence-corrected chi connectivity index (χ3v) is 4.37. The molecule has 0 radical (unpaired) electrons. The predicted octanol–water partition coefficient (Wildman–Crippen LogP) is 2.64. The Morgan fingerprint density at radius 3 is 2.65 bits per heavy atom. The highest BCUT2D eigenvalue weighted by atomic mass is 16.5. The number of aromatic amines is 1. The second-order valence-corrected chi connectivity index (χ2v) is 5.93. The van der Waals surface area contributed by atoms with Crippen molar-refractivity contribution in [2.45, 2.75) is 6.54 Å². The quantitative estimate of drug-likeness (QED) is 0.730. The van der Waals surface area contributed by atoms with Gasteiger partial charge >= 0.3 is 0 Å². The van der Waals surface area contributed by atoms with Gasteiger partial charge in [0.05, 0.1) is 30.1 Å². The summed E-state index contributed by atoms with van der Waals surface area (Å²) < 4.78 is 5.39. The molecule has 1 saturated heterocycles. The summed E-state index contributed by atoms with van der Waals surface area (Å²) in [5.74, 6) is 0. The Kier molecular flexibility index (Phi) is 3.73. The van der Waals surface area contributed by atoms with Crippen molar-refractivity contribution in [3.8, 4) is 11.3 Å². The van der Waals surface area contributed by atoms with Crippen molar-refractivity contribution in [1.82, 2.24) is 15.1 Å². The smallest absolute Gasteiger partial charge is 0.1000 e. The van der Waals surface area contributed by atoms with E-state index in [-0.39, 0.29) is 0 Å². The molecule has 4 rings (SSSR count). The summed E-state index contributed by atoms with van der Waals surface area (Å²) in [5, 5.41) is 8.54. The van der Waals surface area contributed by atoms with Gasteiger partial charge in [-0.25, -0.2) is 0 Å². The first-order valence-corrected chi connectivity index (χ1v) is 7.93. The van der Waals surface area contributed by atoms with Gasteiger partial charge in [0.2, 0.25) is 0 Å². The van der Waals surface area contributed by atoms with Crippen LogP contribution in [-0.2, 0) is 11.3 Å². The third-order valence-electron chi connectivity index (χ3n) is 4.37. The van der Waals surface area contributed by atoms with Crippen LogP contribution in [0.15, 0.2) is 42.5 Å². The van der Waals surface area contributed by atoms with Gasteiger partial charge in [-0.05, 0) is 11.6 Å². The molecule has 23 heavy (non-hydrogen) atoms. The van der Waals surface area contributed by atoms with Gasteiger partial charge in [-0.2, -0.15) is 5.10 Å². The van der Waals surface area contributed by atoms with Crippen molar-refractivity contribution in [3.63, 3.8) is 0 Å². The fourth-order valence-corrected chi connectivity index (χ4v) is 3.07. The van der Waals surface area contributed by atoms with E-state index < -0.39 is 0 Å². The molecule has 118 valence electrons. The molecule has 3 aromatic rings. The van der Waals surface area contributed by atoms with Crippen LogP contribution in [0.1, 0.15) is 5.56 Å². The highest BCUT2D eigenvalue weighted by Gasteiger charge is 2.12. The summed E-state index contributed by atoms with van der Waals surface area (Å²) in [6, 6.07) is 14.5. The van der Waals surface area contributed by atoms with Crippen molar-refractivity contribution < 1.29 is 4.74 Å². The molecule has 0 saturated carbocycles. The number of fused-ring (bicyclic) bond motifs is 1. The summed E-state index contributed by atoms with van der Waals surface area (Å²) in [5.41, 5.74) is 11.0. The van der Waals surface area contributed by atoms with Crippen LogP contribution in [0.4, 0.5) is 5.69 Å². The van der Waals surface area contributed by atoms with E-state index in [1.54, 1.807) is 0 Å². The zero-order valence-electron chi connectivity index (χ0n) is 13.0. The maximum Gasteiger partial charge on any atom is 0.1000 e. The highest BCUT2D eigenvalue weighted by Crippen LogP contribution is 2.29. The summed E-state index contributed by atoms with van der Waals surface area (Å²) in [6.45, 7) is 4.64. The average molecular weight is 308 g/mol. The van der Waals surface area contributed by atoms with Crippen LogP contribution in [0.2, 0.25) is 0 Å². The summed E-state index contributed by atoms with van der Waals surface area (Å²) >= 11 is 0. The predicted molar refractivity (Wildman–Crippen MR) is 92.0 cm³/mol. The first-order chi connectivity index (χ1) is 11.3. The Balaban J connectivity index is 1.58. The minimum atomic E-state index is 0.727. The number of hydrogen-bond acceptors (Lipinski definition) is 4. The SMILES string of the molecule is Nc1cccc2c(-c3ccc(CN4CCOCC4)cc3)n[nH]c12. The fourth-order valence-electron chi connectivity index (χ4n) is 3.07. The van der Waals surface area contributed by atoms with Crippen molar-refractivity contribution in [1.29, 1.82) is 0 Å². The molecule has 0 atom stereocenters. The molecule has 1 aliphatic rings. The molecule has 2 heterocycles. The first kappa shape index (κ1) is 14.2. The lowest BCUT2D eigenvalue weighted by Gasteiger charge is -2.26. The van der Waals surface area contributed by atoms with Gasteiger partial charge in [-0.1, -0.05) is 36.4 Å². The topological polar surface area (TPSA) is 67.2 Å². The van der Waals surface area contributed by atoms with E-state index in [2.05, 4.69) is 39.4 Å². The molecular weight excluding hydrogens is 288 g/mol. The monoisotopic (exact) mass is 308 g/mol. The van der Waals surface area contributed by atoms with E-state index in [0.29, 0.717) is 0 Å². The van der Waals surface area contributed by atoms with E-state index in [1.807, 2.05) is 18.2 Å². The van der Waals surface area contributed by atoms with E-state index in [1.165, 1.54) is 5.56 Å². The van der Waals surface area contributed by atoms with Crippen molar-refractivity contribution in [2.75, 3.05) is 32.0 Å². The number of H-pyrrole nitrogens is 1. The van der Waals surface area contributed by atoms with E-state index in [0.717, 1.165) is 60.7 Å². The Labute approximate surface area is 135 Å². The van der Waals surface area contributed by atoms with Crippen LogP contribution in [0.3, 0.4) is 0 Å². The number of aromatic nitrogens is 2. The number of hydrogen-bond donors (Lipinski definition) is 2. The molecule has 0 spiro atoms. The van der Waals surface area contributed by atoms with Gasteiger partial charge < -0.3 is 10.5 Å². The minimum Gasteiger partial charge on any atom is -0.397 e. The molecule has 2 aromatic carbocycles. The maximum absolute atomic E-state index is 5.99. The largest absolute Gasteiger partial charge is 0.397 e. The molecule has 5 heteroatoms. The zero-order valence-corrected chi connectivity index (χ0v) is 13.0. The molecule has 0 unspecified atom stereocenters. The lowest BCUT2D eigenvalue weighted by Crippen LogP contribution is -2.35. The summed E-state index contributed by atoms with van der Waals surface area (Å²) in [4.78, 5) is 2.42. The van der Waals surface area contributed by atoms with Gasteiger partial charge in [0.25, 0.3) is 0 Å². The molecule has 1 aromatic heterocycles. The number of ether oxygens (including phenoxy) is 1. The molecule has 0 aliphatic carbocycles. The van der Waals surface area contributed by atoms with Crippen LogP contribution in [0.25, 0.3) is 22.2 Å². The zero-order chi connectivity index (χ0) is 15.6. The first-order valence-electron chi connectivity index (χ1n) is 7.93. The number of morpholine rings is 1. The number of nitrogens with zero attached hydrogens (tertiary/aromatic N) is 2. The fraction of sp³-hybridized carbons (Fsp3) is 0.278. The van der Waals surface area contributed by atoms with Crippen LogP contribution in [0.5, 0.6) is 0 Å². The number of rotatable bonds is 3. The van der Waals surface area contributed by atoms with Crippen LogP contribution in [-0.4, -0.2) is 41.4 Å². The summed E-state index contributed by atoms with van der Waals surface area (Å²) in [7, 11) is 0. The van der Waals surface area contributed by atoms with Crippen LogP contribution >= 0.6 is 0 Å². The average Bonchev–Trinajstić information content (AvgIpc) is 3.02. The Morgan fingerprint density at radius 2 is 1.87 bits per heavy atom. The lowest BCUT2D eigenvalue weighted by molar-refractivity contribution is 0.0342. The molecular formula is C18H20N4O. The normalized spacial score (nSPS) is 16.0. The van der Waals surface area contributed by atoms with E-state index >= 15 is 0 Å². The van der Waals surface area contributed by atoms with Gasteiger partial charge in [0, 0.05) is 30.6 Å². The standard InChI is InChI=1S/C18H20N4O/c19-16-3-1-2-15-17(20-21-18(15)16)14-6-4-13(5-7-14)12-22-8-10-23-11-9-22/h1-7H,8-12,19H2,(H,20,21). The van der Waals surface area contributed by atoms with Crippen LogP contribution in [0, 0.1) is 0 Å². The number of para-hydroxylation sites is 1. The number of nitrogen functional groups attached to an aromatic ring is 1. The number of nitrogens with two attached hydrogens (primary N) is 1. The molecule has 1 aliphatic heterocycles. The maximum atomic E-state index is 5.99. The minimum absolute atomic E-state index is 0.727. The Bertz CT molecular complexity index is 804. The molecule has 5 nitrogen and oxygen atoms in total. The van der Waals surface area contributed by atoms with Gasteiger partial charge in [0.15, 0.2) is 0 Å². The second kappa shape index (κ2) is 6.02. The number of benzene rings is 2. The molecule has 3 N–H and O–H groups in total. The van der Waals surface area contributed by atoms with Gasteiger partial charge in [-0.3, -0.25) is 10.00 Å². The second-order valence-electron chi connectivity index (χ2n) is 5.93. The Morgan fingerprint density at radius 1 is 1.09 bits per heavy atom. The van der Waals surface area contributed by atoms with Gasteiger partial charge in [0.1, 0.15) is 0 Å². The number of anilines is 1. The van der Waals surface area contributed by atoms with E-state index in [4.69, 9.17) is 10.5 Å². The van der Waals surface area contributed by atoms with E-state index in [9.17, 15) is 0 Å². The Hall–Kier alpha value is -2.37. The van der Waals surface area contributed by atoms with Crippen LogP contribution < -0.4 is 5.73 Å². The summed E-state index contributed by atoms with van der Waals surface area (Å²) in [6.07, 6.45) is 0. The molecule has 0 amide bonds. The molecule has 0 bridgehead atoms. The van der Waals surface area contributed by atoms with Crippen molar-refractivity contribution >= 4 is 16.6 Å². The third kappa shape index (κ3) is 2.81. The highest BCUT2D eigenvalue weighted by molar-refractivity contribution is 5.98. The van der Waals surface area contributed by atoms with Crippen molar-refractivity contribution in [2.24, 2.45) is 0 Å². The lowest BCUT2D eigenvalue weighted by atomic mass is 10.1. The van der Waals surface area contributed by atoms with Crippen molar-refractivity contribution in [3.05, 3.63) is 48.0 Å². The molecule has 1 fully saturated rings.